The summed E-state index contributed by atoms with van der Waals surface area (Å²) in [6, 6.07) is 8.43. The maximum atomic E-state index is 12.9. The van der Waals surface area contributed by atoms with Crippen molar-refractivity contribution < 1.29 is 4.79 Å². The topological polar surface area (TPSA) is 32.3 Å². The van der Waals surface area contributed by atoms with Crippen molar-refractivity contribution in [3.05, 3.63) is 29.8 Å². The molecule has 0 bridgehead atoms. The summed E-state index contributed by atoms with van der Waals surface area (Å²) in [7, 11) is 0. The molecule has 3 heteroatoms. The van der Waals surface area contributed by atoms with E-state index in [2.05, 4.69) is 41.4 Å². The van der Waals surface area contributed by atoms with Gasteiger partial charge in [0.15, 0.2) is 0 Å². The van der Waals surface area contributed by atoms with Crippen LogP contribution in [0.15, 0.2) is 24.3 Å². The van der Waals surface area contributed by atoms with E-state index in [1.165, 1.54) is 24.8 Å². The molecule has 2 unspecified atom stereocenters. The molecule has 0 aromatic heterocycles. The van der Waals surface area contributed by atoms with Gasteiger partial charge in [-0.05, 0) is 68.7 Å². The lowest BCUT2D eigenvalue weighted by Gasteiger charge is -2.30. The van der Waals surface area contributed by atoms with Gasteiger partial charge in [0, 0.05) is 18.7 Å². The van der Waals surface area contributed by atoms with Crippen molar-refractivity contribution in [3.63, 3.8) is 0 Å². The number of nitrogens with one attached hydrogen (secondary N) is 1. The van der Waals surface area contributed by atoms with Crippen LogP contribution in [0.1, 0.15) is 44.6 Å². The highest BCUT2D eigenvalue weighted by Gasteiger charge is 2.26. The minimum atomic E-state index is 0.312. The average molecular weight is 300 g/mol. The van der Waals surface area contributed by atoms with Crippen molar-refractivity contribution >= 4 is 11.6 Å². The molecule has 1 fully saturated rings. The average Bonchev–Trinajstić information content (AvgIpc) is 2.78. The van der Waals surface area contributed by atoms with Crippen LogP contribution in [0.4, 0.5) is 5.69 Å². The van der Waals surface area contributed by atoms with Crippen LogP contribution in [0.2, 0.25) is 0 Å². The fraction of sp³-hybridized carbons (Fsp3) is 0.632. The number of nitrogens with zero attached hydrogens (tertiary/aromatic N) is 1. The van der Waals surface area contributed by atoms with E-state index in [1.54, 1.807) is 0 Å². The predicted octanol–water partition coefficient (Wildman–Crippen LogP) is 3.38. The maximum Gasteiger partial charge on any atom is 0.227 e. The summed E-state index contributed by atoms with van der Waals surface area (Å²) in [6.45, 7) is 5.34. The van der Waals surface area contributed by atoms with Gasteiger partial charge in [0.2, 0.25) is 5.91 Å². The second kappa shape index (κ2) is 7.28. The Hall–Kier alpha value is -1.35. The second-order valence-electron chi connectivity index (χ2n) is 6.92. The summed E-state index contributed by atoms with van der Waals surface area (Å²) in [5, 5.41) is 3.47. The van der Waals surface area contributed by atoms with Gasteiger partial charge in [-0.1, -0.05) is 25.1 Å². The minimum absolute atomic E-state index is 0.312. The molecule has 3 rings (SSSR count). The number of hydrogen-bond donors (Lipinski definition) is 1. The molecule has 1 aromatic carbocycles. The number of rotatable bonds is 3. The van der Waals surface area contributed by atoms with Crippen LogP contribution in [0.3, 0.4) is 0 Å². The van der Waals surface area contributed by atoms with E-state index in [4.69, 9.17) is 0 Å². The Kier molecular flexibility index (Phi) is 5.14. The lowest BCUT2D eigenvalue weighted by molar-refractivity contribution is -0.119. The monoisotopic (exact) mass is 300 g/mol. The highest BCUT2D eigenvalue weighted by molar-refractivity contribution is 5.94. The Balaban J connectivity index is 1.68. The van der Waals surface area contributed by atoms with Gasteiger partial charge >= 0.3 is 0 Å². The van der Waals surface area contributed by atoms with E-state index in [-0.39, 0.29) is 0 Å². The summed E-state index contributed by atoms with van der Waals surface area (Å²) < 4.78 is 0. The minimum Gasteiger partial charge on any atom is -0.316 e. The molecular weight excluding hydrogens is 272 g/mol. The number of hydrogen-bond acceptors (Lipinski definition) is 2. The number of aryl methyl sites for hydroxylation is 1. The fourth-order valence-electron chi connectivity index (χ4n) is 3.87. The number of carbonyl (C=O) groups is 1. The normalized spacial score (nSPS) is 23.5. The van der Waals surface area contributed by atoms with Crippen LogP contribution in [0, 0.1) is 11.8 Å². The summed E-state index contributed by atoms with van der Waals surface area (Å²) in [4.78, 5) is 14.9. The molecule has 0 aliphatic carbocycles. The van der Waals surface area contributed by atoms with Crippen LogP contribution in [-0.4, -0.2) is 25.5 Å². The number of benzene rings is 1. The number of amides is 1. The van der Waals surface area contributed by atoms with Crippen LogP contribution in [0.5, 0.6) is 0 Å². The molecule has 0 radical (unpaired) electrons. The van der Waals surface area contributed by atoms with Crippen LogP contribution in [0.25, 0.3) is 0 Å². The predicted molar refractivity (Wildman–Crippen MR) is 91.1 cm³/mol. The maximum absolute atomic E-state index is 12.9. The number of para-hydroxylation sites is 1. The van der Waals surface area contributed by atoms with Crippen LogP contribution < -0.4 is 10.2 Å². The molecule has 1 aromatic rings. The zero-order valence-electron chi connectivity index (χ0n) is 13.7. The molecule has 2 atom stereocenters. The van der Waals surface area contributed by atoms with Gasteiger partial charge in [-0.2, -0.15) is 0 Å². The molecule has 1 amide bonds. The third-order valence-electron chi connectivity index (χ3n) is 5.30. The van der Waals surface area contributed by atoms with Crippen LogP contribution >= 0.6 is 0 Å². The van der Waals surface area contributed by atoms with Crippen molar-refractivity contribution in [2.45, 2.75) is 45.4 Å². The van der Waals surface area contributed by atoms with Gasteiger partial charge in [0.1, 0.15) is 0 Å². The number of piperidine rings is 1. The fourth-order valence-corrected chi connectivity index (χ4v) is 3.87. The Labute approximate surface area is 134 Å². The standard InChI is InChI=1S/C19H28N2O/c1-15(17-9-6-11-20-14-17)13-19(22)21-12-5-4-8-16-7-2-3-10-18(16)21/h2-3,7,10,15,17,20H,4-6,8-9,11-14H2,1H3. The summed E-state index contributed by atoms with van der Waals surface area (Å²) in [6.07, 6.45) is 6.58. The quantitative estimate of drug-likeness (QED) is 0.928. The molecule has 0 saturated carbocycles. The van der Waals surface area contributed by atoms with Crippen molar-refractivity contribution in [1.29, 1.82) is 0 Å². The second-order valence-corrected chi connectivity index (χ2v) is 6.92. The third-order valence-corrected chi connectivity index (χ3v) is 5.30. The molecule has 22 heavy (non-hydrogen) atoms. The number of anilines is 1. The zero-order chi connectivity index (χ0) is 15.4. The first-order valence-electron chi connectivity index (χ1n) is 8.84. The van der Waals surface area contributed by atoms with Crippen molar-refractivity contribution in [3.8, 4) is 0 Å². The third kappa shape index (κ3) is 3.52. The van der Waals surface area contributed by atoms with Gasteiger partial charge < -0.3 is 10.2 Å². The molecule has 2 heterocycles. The lowest BCUT2D eigenvalue weighted by Crippen LogP contribution is -2.37. The van der Waals surface area contributed by atoms with Gasteiger partial charge in [-0.25, -0.2) is 0 Å². The first-order valence-corrected chi connectivity index (χ1v) is 8.84. The van der Waals surface area contributed by atoms with E-state index in [1.807, 2.05) is 0 Å². The molecule has 120 valence electrons. The Morgan fingerprint density at radius 1 is 1.32 bits per heavy atom. The Morgan fingerprint density at radius 2 is 2.18 bits per heavy atom. The highest BCUT2D eigenvalue weighted by atomic mass is 16.2. The van der Waals surface area contributed by atoms with Crippen molar-refractivity contribution in [1.82, 2.24) is 5.32 Å². The molecule has 0 spiro atoms. The number of fused-ring (bicyclic) bond motifs is 1. The van der Waals surface area contributed by atoms with Gasteiger partial charge in [0.25, 0.3) is 0 Å². The van der Waals surface area contributed by atoms with Gasteiger partial charge in [-0.15, -0.1) is 0 Å². The smallest absolute Gasteiger partial charge is 0.227 e. The highest BCUT2D eigenvalue weighted by Crippen LogP contribution is 2.29. The molecule has 3 nitrogen and oxygen atoms in total. The molecular formula is C19H28N2O. The Bertz CT molecular complexity index is 508. The van der Waals surface area contributed by atoms with Gasteiger partial charge in [0.05, 0.1) is 0 Å². The lowest BCUT2D eigenvalue weighted by atomic mass is 9.85. The molecule has 2 aliphatic heterocycles. The van der Waals surface area contributed by atoms with E-state index in [9.17, 15) is 4.79 Å². The number of carbonyl (C=O) groups excluding carboxylic acids is 1. The molecule has 2 aliphatic rings. The Morgan fingerprint density at radius 3 is 3.00 bits per heavy atom. The van der Waals surface area contributed by atoms with E-state index < -0.39 is 0 Å². The molecule has 1 saturated heterocycles. The summed E-state index contributed by atoms with van der Waals surface area (Å²) >= 11 is 0. The SMILES string of the molecule is CC(CC(=O)N1CCCCc2ccccc21)C1CCCNC1. The zero-order valence-corrected chi connectivity index (χ0v) is 13.7. The largest absolute Gasteiger partial charge is 0.316 e. The summed E-state index contributed by atoms with van der Waals surface area (Å²) in [5.74, 6) is 1.43. The van der Waals surface area contributed by atoms with E-state index >= 15 is 0 Å². The van der Waals surface area contributed by atoms with E-state index in [0.29, 0.717) is 24.2 Å². The van der Waals surface area contributed by atoms with Gasteiger partial charge in [-0.3, -0.25) is 4.79 Å². The van der Waals surface area contributed by atoms with Crippen molar-refractivity contribution in [2.75, 3.05) is 24.5 Å². The van der Waals surface area contributed by atoms with Crippen molar-refractivity contribution in [2.24, 2.45) is 11.8 Å². The first-order chi connectivity index (χ1) is 10.8. The first kappa shape index (κ1) is 15.5. The van der Waals surface area contributed by atoms with Crippen LogP contribution in [-0.2, 0) is 11.2 Å². The summed E-state index contributed by atoms with van der Waals surface area (Å²) in [5.41, 5.74) is 2.49. The van der Waals surface area contributed by atoms with E-state index in [0.717, 1.165) is 38.2 Å². The molecule has 1 N–H and O–H groups in total.